The van der Waals surface area contributed by atoms with E-state index in [0.717, 1.165) is 0 Å². The van der Waals surface area contributed by atoms with Crippen molar-refractivity contribution in [2.75, 3.05) is 31.0 Å². The van der Waals surface area contributed by atoms with E-state index in [9.17, 15) is 9.59 Å². The Hall–Kier alpha value is -3.71. The first-order valence-corrected chi connectivity index (χ1v) is 9.88. The van der Waals surface area contributed by atoms with Gasteiger partial charge in [0, 0.05) is 16.3 Å². The first-order valence-electron chi connectivity index (χ1n) is 9.50. The Morgan fingerprint density at radius 3 is 2.45 bits per heavy atom. The average Bonchev–Trinajstić information content (AvgIpc) is 2.80. The second-order valence-electron chi connectivity index (χ2n) is 6.66. The van der Waals surface area contributed by atoms with Gasteiger partial charge >= 0.3 is 0 Å². The van der Waals surface area contributed by atoms with Gasteiger partial charge in [-0.15, -0.1) is 0 Å². The Labute approximate surface area is 183 Å². The zero-order valence-electron chi connectivity index (χ0n) is 16.6. The largest absolute Gasteiger partial charge is 0.493 e. The third-order valence-corrected chi connectivity index (χ3v) is 4.86. The lowest BCUT2D eigenvalue weighted by atomic mass is 10.1. The average molecular weight is 439 g/mol. The number of nitrogens with one attached hydrogen (secondary N) is 2. The lowest BCUT2D eigenvalue weighted by Crippen LogP contribution is -2.20. The fraction of sp³-hybridized carbons (Fsp3) is 0.130. The molecular weight excluding hydrogens is 420 g/mol. The van der Waals surface area contributed by atoms with Crippen LogP contribution in [0.5, 0.6) is 17.2 Å². The molecule has 0 atom stereocenters. The maximum absolute atomic E-state index is 12.9. The van der Waals surface area contributed by atoms with Crippen molar-refractivity contribution in [3.05, 3.63) is 76.8 Å². The molecule has 1 aliphatic rings. The molecule has 0 aromatic heterocycles. The SMILES string of the molecule is COc1cc(C(=O)Nc2ccccc2C(=O)Nc2ccc(Cl)cc2)cc2c1OCCO2. The van der Waals surface area contributed by atoms with Crippen LogP contribution in [0, 0.1) is 0 Å². The third kappa shape index (κ3) is 4.57. The molecule has 158 valence electrons. The van der Waals surface area contributed by atoms with Gasteiger partial charge in [0.2, 0.25) is 5.75 Å². The molecule has 2 N–H and O–H groups in total. The molecule has 7 nitrogen and oxygen atoms in total. The summed E-state index contributed by atoms with van der Waals surface area (Å²) in [5.74, 6) is 0.522. The fourth-order valence-corrected chi connectivity index (χ4v) is 3.25. The topological polar surface area (TPSA) is 85.9 Å². The number of amides is 2. The summed E-state index contributed by atoms with van der Waals surface area (Å²) in [5, 5.41) is 6.15. The van der Waals surface area contributed by atoms with Crippen LogP contribution in [-0.2, 0) is 0 Å². The Kier molecular flexibility index (Phi) is 5.95. The molecule has 0 fully saturated rings. The highest BCUT2D eigenvalue weighted by Gasteiger charge is 2.22. The zero-order valence-corrected chi connectivity index (χ0v) is 17.4. The number of anilines is 2. The number of rotatable bonds is 5. The van der Waals surface area contributed by atoms with E-state index in [-0.39, 0.29) is 5.91 Å². The standard InChI is InChI=1S/C23H19ClN2O5/c1-29-19-12-14(13-20-21(19)31-11-10-30-20)22(27)26-18-5-3-2-4-17(18)23(28)25-16-8-6-15(24)7-9-16/h2-9,12-13H,10-11H2,1H3,(H,25,28)(H,26,27). The van der Waals surface area contributed by atoms with E-state index in [1.165, 1.54) is 7.11 Å². The molecular formula is C23H19ClN2O5. The van der Waals surface area contributed by atoms with Crippen LogP contribution in [0.25, 0.3) is 0 Å². The first-order chi connectivity index (χ1) is 15.0. The van der Waals surface area contributed by atoms with Crippen molar-refractivity contribution in [3.63, 3.8) is 0 Å². The fourth-order valence-electron chi connectivity index (χ4n) is 3.12. The van der Waals surface area contributed by atoms with E-state index in [0.29, 0.717) is 58.0 Å². The molecule has 1 aliphatic heterocycles. The van der Waals surface area contributed by atoms with Crippen LogP contribution in [0.2, 0.25) is 5.02 Å². The van der Waals surface area contributed by atoms with Crippen LogP contribution in [0.15, 0.2) is 60.7 Å². The van der Waals surface area contributed by atoms with Gasteiger partial charge in [-0.1, -0.05) is 23.7 Å². The molecule has 4 rings (SSSR count). The molecule has 0 saturated heterocycles. The summed E-state index contributed by atoms with van der Waals surface area (Å²) in [4.78, 5) is 25.7. The van der Waals surface area contributed by atoms with E-state index in [2.05, 4.69) is 10.6 Å². The van der Waals surface area contributed by atoms with Crippen molar-refractivity contribution >= 4 is 34.8 Å². The number of hydrogen-bond donors (Lipinski definition) is 2. The number of carbonyl (C=O) groups is 2. The highest BCUT2D eigenvalue weighted by Crippen LogP contribution is 2.40. The summed E-state index contributed by atoms with van der Waals surface area (Å²) in [7, 11) is 1.49. The van der Waals surface area contributed by atoms with Crippen molar-refractivity contribution in [3.8, 4) is 17.2 Å². The van der Waals surface area contributed by atoms with Crippen molar-refractivity contribution in [1.82, 2.24) is 0 Å². The summed E-state index contributed by atoms with van der Waals surface area (Å²) >= 11 is 5.89. The van der Waals surface area contributed by atoms with Crippen molar-refractivity contribution in [2.45, 2.75) is 0 Å². The first kappa shape index (κ1) is 20.6. The number of methoxy groups -OCH3 is 1. The predicted molar refractivity (Wildman–Crippen MR) is 118 cm³/mol. The lowest BCUT2D eigenvalue weighted by Gasteiger charge is -2.21. The van der Waals surface area contributed by atoms with Crippen molar-refractivity contribution in [1.29, 1.82) is 0 Å². The van der Waals surface area contributed by atoms with Crippen molar-refractivity contribution < 1.29 is 23.8 Å². The van der Waals surface area contributed by atoms with Crippen LogP contribution < -0.4 is 24.8 Å². The normalized spacial score (nSPS) is 12.1. The Bertz CT molecular complexity index is 1110. The molecule has 0 saturated carbocycles. The van der Waals surface area contributed by atoms with Crippen LogP contribution >= 0.6 is 11.6 Å². The minimum absolute atomic E-state index is 0.314. The number of ether oxygens (including phenoxy) is 3. The lowest BCUT2D eigenvalue weighted by molar-refractivity contribution is 0.102. The van der Waals surface area contributed by atoms with Crippen LogP contribution in [-0.4, -0.2) is 32.1 Å². The molecule has 0 bridgehead atoms. The van der Waals surface area contributed by atoms with Gasteiger partial charge in [0.25, 0.3) is 11.8 Å². The Balaban J connectivity index is 1.57. The quantitative estimate of drug-likeness (QED) is 0.606. The van der Waals surface area contributed by atoms with Crippen LogP contribution in [0.4, 0.5) is 11.4 Å². The van der Waals surface area contributed by atoms with Gasteiger partial charge in [0.1, 0.15) is 13.2 Å². The monoisotopic (exact) mass is 438 g/mol. The van der Waals surface area contributed by atoms with E-state index < -0.39 is 5.91 Å². The molecule has 3 aromatic rings. The summed E-state index contributed by atoms with van der Waals surface area (Å²) in [6.07, 6.45) is 0. The molecule has 8 heteroatoms. The smallest absolute Gasteiger partial charge is 0.257 e. The molecule has 0 aliphatic carbocycles. The molecule has 3 aromatic carbocycles. The maximum Gasteiger partial charge on any atom is 0.257 e. The number of hydrogen-bond acceptors (Lipinski definition) is 5. The number of benzene rings is 3. The molecule has 31 heavy (non-hydrogen) atoms. The van der Waals surface area contributed by atoms with E-state index in [1.807, 2.05) is 0 Å². The molecule has 0 spiro atoms. The Morgan fingerprint density at radius 1 is 0.935 bits per heavy atom. The number of para-hydroxylation sites is 1. The molecule has 2 amide bonds. The number of carbonyl (C=O) groups excluding carboxylic acids is 2. The van der Waals surface area contributed by atoms with Gasteiger partial charge in [-0.2, -0.15) is 0 Å². The van der Waals surface area contributed by atoms with Gasteiger partial charge < -0.3 is 24.8 Å². The summed E-state index contributed by atoms with van der Waals surface area (Å²) in [6, 6.07) is 16.7. The van der Waals surface area contributed by atoms with Crippen LogP contribution in [0.3, 0.4) is 0 Å². The van der Waals surface area contributed by atoms with E-state index >= 15 is 0 Å². The summed E-state index contributed by atoms with van der Waals surface area (Å²) in [5.41, 5.74) is 1.59. The number of halogens is 1. The van der Waals surface area contributed by atoms with Crippen molar-refractivity contribution in [2.24, 2.45) is 0 Å². The van der Waals surface area contributed by atoms with Crippen LogP contribution in [0.1, 0.15) is 20.7 Å². The van der Waals surface area contributed by atoms with Gasteiger partial charge in [-0.05, 0) is 48.5 Å². The molecule has 0 radical (unpaired) electrons. The zero-order chi connectivity index (χ0) is 21.8. The minimum atomic E-state index is -0.415. The second-order valence-corrected chi connectivity index (χ2v) is 7.10. The Morgan fingerprint density at radius 2 is 1.68 bits per heavy atom. The predicted octanol–water partition coefficient (Wildman–Crippen LogP) is 4.62. The number of fused-ring (bicyclic) bond motifs is 1. The van der Waals surface area contributed by atoms with Gasteiger partial charge in [-0.25, -0.2) is 0 Å². The van der Waals surface area contributed by atoms with Gasteiger partial charge in [0.15, 0.2) is 11.5 Å². The van der Waals surface area contributed by atoms with Gasteiger partial charge in [-0.3, -0.25) is 9.59 Å². The third-order valence-electron chi connectivity index (χ3n) is 4.61. The van der Waals surface area contributed by atoms with E-state index in [1.54, 1.807) is 60.7 Å². The van der Waals surface area contributed by atoms with Gasteiger partial charge in [0.05, 0.1) is 18.4 Å². The highest BCUT2D eigenvalue weighted by atomic mass is 35.5. The second kappa shape index (κ2) is 8.97. The summed E-state index contributed by atoms with van der Waals surface area (Å²) in [6.45, 7) is 0.792. The van der Waals surface area contributed by atoms with E-state index in [4.69, 9.17) is 25.8 Å². The maximum atomic E-state index is 12.9. The minimum Gasteiger partial charge on any atom is -0.493 e. The molecule has 1 heterocycles. The molecule has 0 unspecified atom stereocenters. The summed E-state index contributed by atoms with van der Waals surface area (Å²) < 4.78 is 16.5. The highest BCUT2D eigenvalue weighted by molar-refractivity contribution is 6.30.